The van der Waals surface area contributed by atoms with E-state index in [-0.39, 0.29) is 0 Å². The number of hydrogen-bond donors (Lipinski definition) is 0. The van der Waals surface area contributed by atoms with Crippen LogP contribution in [0.4, 0.5) is 0 Å². The van der Waals surface area contributed by atoms with Gasteiger partial charge in [0, 0.05) is 0 Å². The van der Waals surface area contributed by atoms with Crippen LogP contribution < -0.4 is 0 Å². The van der Waals surface area contributed by atoms with E-state index in [2.05, 4.69) is 13.8 Å². The van der Waals surface area contributed by atoms with E-state index in [4.69, 9.17) is 19.5 Å². The molecule has 0 fully saturated rings. The molecule has 6 heteroatoms. The molecule has 0 saturated carbocycles. The van der Waals surface area contributed by atoms with Gasteiger partial charge in [0.25, 0.3) is 0 Å². The molecule has 0 radical (unpaired) electrons. The van der Waals surface area contributed by atoms with Crippen molar-refractivity contribution in [2.75, 3.05) is 12.4 Å². The molecule has 0 aromatic heterocycles. The van der Waals surface area contributed by atoms with Crippen molar-refractivity contribution in [2.24, 2.45) is 0 Å². The SMILES string of the molecule is CCCOP(=S)([O][Mo])SCCC. The van der Waals surface area contributed by atoms with Crippen LogP contribution in [0.1, 0.15) is 26.7 Å². The van der Waals surface area contributed by atoms with Gasteiger partial charge in [0.15, 0.2) is 0 Å². The monoisotopic (exact) mass is 311 g/mol. The fourth-order valence-corrected chi connectivity index (χ4v) is 5.42. The first-order valence-electron chi connectivity index (χ1n) is 3.89. The third-order valence-corrected chi connectivity index (χ3v) is 9.17. The zero-order valence-electron chi connectivity index (χ0n) is 7.32. The Morgan fingerprint density at radius 2 is 2.08 bits per heavy atom. The average molecular weight is 309 g/mol. The maximum atomic E-state index is 5.50. The van der Waals surface area contributed by atoms with Crippen LogP contribution in [0.2, 0.25) is 0 Å². The zero-order chi connectivity index (χ0) is 9.45. The Kier molecular flexibility index (Phi) is 9.03. The van der Waals surface area contributed by atoms with Crippen LogP contribution >= 0.6 is 17.1 Å². The predicted octanol–water partition coefficient (Wildman–Crippen LogP) is 3.26. The number of rotatable bonds is 7. The zero-order valence-corrected chi connectivity index (χ0v) is 11.9. The van der Waals surface area contributed by atoms with Crippen molar-refractivity contribution in [3.63, 3.8) is 0 Å². The molecule has 0 saturated heterocycles. The third kappa shape index (κ3) is 6.12. The van der Waals surface area contributed by atoms with Gasteiger partial charge >= 0.3 is 95.8 Å². The summed E-state index contributed by atoms with van der Waals surface area (Å²) < 4.78 is 10.7. The Bertz CT molecular complexity index is 144. The summed E-state index contributed by atoms with van der Waals surface area (Å²) in [6.07, 6.45) is 2.11. The normalized spacial score (nSPS) is 15.8. The van der Waals surface area contributed by atoms with E-state index in [1.165, 1.54) is 0 Å². The summed E-state index contributed by atoms with van der Waals surface area (Å²) in [6, 6.07) is 0. The molecule has 0 amide bonds. The standard InChI is InChI=1S/C6H15O2PS2.Mo/c1-3-5-8-9(7,10)11-6-4-2;/h3-6H2,1-2H3,(H,7,10);/q;+1/p-1. The van der Waals surface area contributed by atoms with E-state index in [0.717, 1.165) is 18.6 Å². The first kappa shape index (κ1) is 13.6. The summed E-state index contributed by atoms with van der Waals surface area (Å²) in [4.78, 5) is 0. The summed E-state index contributed by atoms with van der Waals surface area (Å²) in [5, 5.41) is 0. The Balaban J connectivity index is 3.79. The van der Waals surface area contributed by atoms with Crippen molar-refractivity contribution in [3.05, 3.63) is 0 Å². The summed E-state index contributed by atoms with van der Waals surface area (Å²) >= 11 is 8.48. The molecule has 0 rings (SSSR count). The van der Waals surface area contributed by atoms with Crippen LogP contribution in [0.25, 0.3) is 0 Å². The second-order valence-electron chi connectivity index (χ2n) is 2.19. The van der Waals surface area contributed by atoms with E-state index < -0.39 is 5.69 Å². The second-order valence-corrected chi connectivity index (χ2v) is 9.61. The molecular formula is C6H14MoO2PS2. The molecule has 0 N–H and O–H groups in total. The van der Waals surface area contributed by atoms with Crippen LogP contribution in [0.5, 0.6) is 0 Å². The van der Waals surface area contributed by atoms with Gasteiger partial charge in [-0.25, -0.2) is 0 Å². The molecule has 0 aliphatic heterocycles. The molecule has 0 aromatic rings. The topological polar surface area (TPSA) is 18.5 Å². The molecule has 0 aliphatic rings. The van der Waals surface area contributed by atoms with Gasteiger partial charge in [-0.2, -0.15) is 0 Å². The summed E-state index contributed by atoms with van der Waals surface area (Å²) in [5.74, 6) is 1.02. The van der Waals surface area contributed by atoms with Gasteiger partial charge in [0.2, 0.25) is 0 Å². The molecule has 0 aromatic carbocycles. The molecular weight excluding hydrogens is 295 g/mol. The van der Waals surface area contributed by atoms with Crippen molar-refractivity contribution in [2.45, 2.75) is 26.7 Å². The third-order valence-electron chi connectivity index (χ3n) is 0.998. The Hall–Kier alpha value is 1.61. The van der Waals surface area contributed by atoms with Crippen molar-refractivity contribution >= 4 is 28.9 Å². The quantitative estimate of drug-likeness (QED) is 0.530. The van der Waals surface area contributed by atoms with E-state index in [1.54, 1.807) is 31.6 Å². The fraction of sp³-hybridized carbons (Fsp3) is 1.00. The van der Waals surface area contributed by atoms with E-state index in [9.17, 15) is 0 Å². The van der Waals surface area contributed by atoms with Crippen LogP contribution in [-0.4, -0.2) is 12.4 Å². The van der Waals surface area contributed by atoms with Crippen LogP contribution in [0.3, 0.4) is 0 Å². The predicted molar refractivity (Wildman–Crippen MR) is 54.4 cm³/mol. The van der Waals surface area contributed by atoms with E-state index in [1.807, 2.05) is 0 Å². The molecule has 0 aliphatic carbocycles. The van der Waals surface area contributed by atoms with Gasteiger partial charge in [-0.05, 0) is 0 Å². The van der Waals surface area contributed by atoms with Crippen LogP contribution in [0, 0.1) is 0 Å². The number of hydrogen-bond acceptors (Lipinski definition) is 4. The molecule has 2 nitrogen and oxygen atoms in total. The van der Waals surface area contributed by atoms with Crippen molar-refractivity contribution in [3.8, 4) is 0 Å². The molecule has 12 heavy (non-hydrogen) atoms. The second kappa shape index (κ2) is 7.96. The fourth-order valence-electron chi connectivity index (χ4n) is 0.486. The van der Waals surface area contributed by atoms with Gasteiger partial charge in [-0.1, -0.05) is 0 Å². The Morgan fingerprint density at radius 1 is 1.42 bits per heavy atom. The van der Waals surface area contributed by atoms with Crippen molar-refractivity contribution < 1.29 is 27.9 Å². The van der Waals surface area contributed by atoms with Gasteiger partial charge < -0.3 is 0 Å². The summed E-state index contributed by atoms with van der Waals surface area (Å²) in [6.45, 7) is 4.91. The van der Waals surface area contributed by atoms with Crippen molar-refractivity contribution in [1.29, 1.82) is 0 Å². The van der Waals surface area contributed by atoms with Crippen LogP contribution in [-0.2, 0) is 39.7 Å². The first-order chi connectivity index (χ1) is 5.68. The Labute approximate surface area is 95.4 Å². The van der Waals surface area contributed by atoms with Gasteiger partial charge in [-0.15, -0.1) is 0 Å². The molecule has 73 valence electrons. The molecule has 0 heterocycles. The van der Waals surface area contributed by atoms with Gasteiger partial charge in [0.05, 0.1) is 0 Å². The van der Waals surface area contributed by atoms with Gasteiger partial charge in [0.1, 0.15) is 0 Å². The minimum atomic E-state index is -1.98. The van der Waals surface area contributed by atoms with Crippen LogP contribution in [0.15, 0.2) is 0 Å². The summed E-state index contributed by atoms with van der Waals surface area (Å²) in [7, 11) is 0. The van der Waals surface area contributed by atoms with E-state index in [0.29, 0.717) is 6.61 Å². The van der Waals surface area contributed by atoms with Crippen molar-refractivity contribution in [1.82, 2.24) is 0 Å². The molecule has 1 unspecified atom stereocenters. The van der Waals surface area contributed by atoms with Gasteiger partial charge in [-0.3, -0.25) is 0 Å². The average Bonchev–Trinajstić information content (AvgIpc) is 2.11. The molecule has 1 atom stereocenters. The Morgan fingerprint density at radius 3 is 2.50 bits per heavy atom. The molecule has 0 bridgehead atoms. The minimum absolute atomic E-state index is 0.712. The van der Waals surface area contributed by atoms with E-state index >= 15 is 0 Å². The maximum absolute atomic E-state index is 5.50. The molecule has 0 spiro atoms. The first-order valence-corrected chi connectivity index (χ1v) is 8.94. The summed E-state index contributed by atoms with van der Waals surface area (Å²) in [5.41, 5.74) is -1.98.